The highest BCUT2D eigenvalue weighted by Gasteiger charge is 2.13. The van der Waals surface area contributed by atoms with Gasteiger partial charge in [-0.1, -0.05) is 58.4 Å². The Balaban J connectivity index is 1.76. The van der Waals surface area contributed by atoms with Gasteiger partial charge in [-0.15, -0.1) is 0 Å². The number of rotatable bonds is 5. The van der Waals surface area contributed by atoms with E-state index in [4.69, 9.17) is 19.4 Å². The zero-order valence-electron chi connectivity index (χ0n) is 14.7. The third kappa shape index (κ3) is 3.93. The highest BCUT2D eigenvalue weighted by Crippen LogP contribution is 2.30. The van der Waals surface area contributed by atoms with Gasteiger partial charge in [0.05, 0.1) is 18.1 Å². The molecule has 0 aliphatic rings. The maximum absolute atomic E-state index is 6.07. The first kappa shape index (κ1) is 17.5. The third-order valence-electron chi connectivity index (χ3n) is 4.18. The van der Waals surface area contributed by atoms with Crippen molar-refractivity contribution in [2.75, 3.05) is 7.11 Å². The second-order valence-corrected chi connectivity index (χ2v) is 6.93. The number of hydrogen-bond donors (Lipinski definition) is 0. The Labute approximate surface area is 165 Å². The maximum atomic E-state index is 6.07. The van der Waals surface area contributed by atoms with Gasteiger partial charge in [0.25, 0.3) is 0 Å². The average molecular weight is 421 g/mol. The van der Waals surface area contributed by atoms with Gasteiger partial charge in [-0.05, 0) is 29.8 Å². The number of benzene rings is 3. The number of halogens is 1. The minimum atomic E-state index is 0.414. The lowest BCUT2D eigenvalue weighted by Gasteiger charge is -2.12. The summed E-state index contributed by atoms with van der Waals surface area (Å²) in [6, 6.07) is 23.6. The van der Waals surface area contributed by atoms with Crippen LogP contribution in [0.15, 0.2) is 77.3 Å². The van der Waals surface area contributed by atoms with Gasteiger partial charge in [0.2, 0.25) is 5.88 Å². The smallest absolute Gasteiger partial charge is 0.241 e. The first-order chi connectivity index (χ1) is 13.2. The van der Waals surface area contributed by atoms with Crippen LogP contribution in [-0.4, -0.2) is 17.1 Å². The van der Waals surface area contributed by atoms with E-state index in [2.05, 4.69) is 15.9 Å². The molecule has 3 aromatic carbocycles. The van der Waals surface area contributed by atoms with Gasteiger partial charge >= 0.3 is 0 Å². The van der Waals surface area contributed by atoms with Gasteiger partial charge in [-0.2, -0.15) is 0 Å². The lowest BCUT2D eigenvalue weighted by atomic mass is 10.1. The molecule has 0 N–H and O–H groups in total. The minimum Gasteiger partial charge on any atom is -0.497 e. The maximum Gasteiger partial charge on any atom is 0.241 e. The number of methoxy groups -OCH3 is 1. The average Bonchev–Trinajstić information content (AvgIpc) is 2.73. The molecule has 27 heavy (non-hydrogen) atoms. The van der Waals surface area contributed by atoms with E-state index in [1.54, 1.807) is 7.11 Å². The zero-order chi connectivity index (χ0) is 18.6. The molecule has 0 aliphatic heterocycles. The molecule has 0 saturated heterocycles. The van der Waals surface area contributed by atoms with Crippen LogP contribution in [0.25, 0.3) is 22.3 Å². The van der Waals surface area contributed by atoms with Crippen LogP contribution >= 0.6 is 15.9 Å². The van der Waals surface area contributed by atoms with Crippen molar-refractivity contribution >= 4 is 27.0 Å². The predicted octanol–water partition coefficient (Wildman–Crippen LogP) is 5.65. The highest BCUT2D eigenvalue weighted by atomic mass is 79.9. The van der Waals surface area contributed by atoms with Crippen LogP contribution in [0.3, 0.4) is 0 Å². The molecule has 0 amide bonds. The van der Waals surface area contributed by atoms with E-state index in [0.29, 0.717) is 12.5 Å². The van der Waals surface area contributed by atoms with E-state index < -0.39 is 0 Å². The molecule has 0 radical (unpaired) electrons. The Morgan fingerprint density at radius 3 is 2.37 bits per heavy atom. The molecule has 1 heterocycles. The standard InChI is InChI=1S/C22H17BrN2O2/c1-26-18-11-12-19-20(13-18)25-22(21(24-19)16-5-3-2-4-6-16)27-14-15-7-9-17(23)10-8-15/h2-13H,14H2,1H3. The monoisotopic (exact) mass is 420 g/mol. The van der Waals surface area contributed by atoms with Crippen molar-refractivity contribution in [3.8, 4) is 22.9 Å². The summed E-state index contributed by atoms with van der Waals surface area (Å²) in [4.78, 5) is 9.52. The van der Waals surface area contributed by atoms with Crippen molar-refractivity contribution in [3.63, 3.8) is 0 Å². The van der Waals surface area contributed by atoms with E-state index in [9.17, 15) is 0 Å². The molecule has 0 spiro atoms. The van der Waals surface area contributed by atoms with Gasteiger partial charge in [-0.25, -0.2) is 9.97 Å². The first-order valence-electron chi connectivity index (χ1n) is 8.51. The fraction of sp³-hybridized carbons (Fsp3) is 0.0909. The number of aromatic nitrogens is 2. The van der Waals surface area contributed by atoms with Crippen molar-refractivity contribution in [1.82, 2.24) is 9.97 Å². The Morgan fingerprint density at radius 2 is 1.63 bits per heavy atom. The summed E-state index contributed by atoms with van der Waals surface area (Å²) < 4.78 is 12.4. The van der Waals surface area contributed by atoms with Crippen LogP contribution < -0.4 is 9.47 Å². The van der Waals surface area contributed by atoms with Crippen LogP contribution in [0.4, 0.5) is 0 Å². The Kier molecular flexibility index (Phi) is 5.03. The van der Waals surface area contributed by atoms with Gasteiger partial charge < -0.3 is 9.47 Å². The van der Waals surface area contributed by atoms with Crippen LogP contribution in [0.1, 0.15) is 5.56 Å². The summed E-state index contributed by atoms with van der Waals surface area (Å²) in [6.07, 6.45) is 0. The lowest BCUT2D eigenvalue weighted by molar-refractivity contribution is 0.295. The highest BCUT2D eigenvalue weighted by molar-refractivity contribution is 9.10. The van der Waals surface area contributed by atoms with Gasteiger partial charge in [0.15, 0.2) is 0 Å². The molecule has 134 valence electrons. The molecule has 0 saturated carbocycles. The van der Waals surface area contributed by atoms with Crippen molar-refractivity contribution in [2.24, 2.45) is 0 Å². The molecule has 0 unspecified atom stereocenters. The first-order valence-corrected chi connectivity index (χ1v) is 9.31. The van der Waals surface area contributed by atoms with Crippen molar-refractivity contribution < 1.29 is 9.47 Å². The molecule has 5 heteroatoms. The molecule has 0 atom stereocenters. The van der Waals surface area contributed by atoms with Crippen LogP contribution in [0.5, 0.6) is 11.6 Å². The summed E-state index contributed by atoms with van der Waals surface area (Å²) in [7, 11) is 1.64. The topological polar surface area (TPSA) is 44.2 Å². The Hall–Kier alpha value is -2.92. The van der Waals surface area contributed by atoms with E-state index in [1.165, 1.54) is 0 Å². The lowest BCUT2D eigenvalue weighted by Crippen LogP contribution is -2.01. The number of nitrogens with zero attached hydrogens (tertiary/aromatic N) is 2. The largest absolute Gasteiger partial charge is 0.497 e. The molecule has 0 aliphatic carbocycles. The quantitative estimate of drug-likeness (QED) is 0.418. The molecule has 0 bridgehead atoms. The molecule has 4 nitrogen and oxygen atoms in total. The van der Waals surface area contributed by atoms with Crippen molar-refractivity contribution in [2.45, 2.75) is 6.61 Å². The SMILES string of the molecule is COc1ccc2nc(-c3ccccc3)c(OCc3ccc(Br)cc3)nc2c1. The van der Waals surface area contributed by atoms with Crippen LogP contribution in [0, 0.1) is 0 Å². The third-order valence-corrected chi connectivity index (χ3v) is 4.70. The number of hydrogen-bond acceptors (Lipinski definition) is 4. The fourth-order valence-electron chi connectivity index (χ4n) is 2.76. The molecular weight excluding hydrogens is 404 g/mol. The second kappa shape index (κ2) is 7.76. The fourth-order valence-corrected chi connectivity index (χ4v) is 3.03. The normalized spacial score (nSPS) is 10.7. The second-order valence-electron chi connectivity index (χ2n) is 6.01. The summed E-state index contributed by atoms with van der Waals surface area (Å²) in [5, 5.41) is 0. The number of fused-ring (bicyclic) bond motifs is 1. The molecule has 1 aromatic heterocycles. The van der Waals surface area contributed by atoms with Crippen LogP contribution in [-0.2, 0) is 6.61 Å². The zero-order valence-corrected chi connectivity index (χ0v) is 16.3. The predicted molar refractivity (Wildman–Crippen MR) is 110 cm³/mol. The van der Waals surface area contributed by atoms with Crippen LogP contribution in [0.2, 0.25) is 0 Å². The Bertz CT molecular complexity index is 1070. The minimum absolute atomic E-state index is 0.414. The van der Waals surface area contributed by atoms with Crippen molar-refractivity contribution in [1.29, 1.82) is 0 Å². The molecular formula is C22H17BrN2O2. The van der Waals surface area contributed by atoms with E-state index in [1.807, 2.05) is 72.8 Å². The van der Waals surface area contributed by atoms with E-state index in [0.717, 1.165) is 38.1 Å². The van der Waals surface area contributed by atoms with Gasteiger partial charge in [-0.3, -0.25) is 0 Å². The summed E-state index contributed by atoms with van der Waals surface area (Å²) >= 11 is 3.45. The van der Waals surface area contributed by atoms with E-state index in [-0.39, 0.29) is 0 Å². The van der Waals surface area contributed by atoms with Crippen molar-refractivity contribution in [3.05, 3.63) is 82.8 Å². The summed E-state index contributed by atoms with van der Waals surface area (Å²) in [5.74, 6) is 1.24. The van der Waals surface area contributed by atoms with Gasteiger partial charge in [0.1, 0.15) is 18.1 Å². The number of ether oxygens (including phenoxy) is 2. The van der Waals surface area contributed by atoms with Gasteiger partial charge in [0, 0.05) is 16.1 Å². The molecule has 4 aromatic rings. The molecule has 0 fully saturated rings. The van der Waals surface area contributed by atoms with E-state index >= 15 is 0 Å². The molecule has 4 rings (SSSR count). The summed E-state index contributed by atoms with van der Waals surface area (Å²) in [6.45, 7) is 0.414. The summed E-state index contributed by atoms with van der Waals surface area (Å²) in [5.41, 5.74) is 4.29. The Morgan fingerprint density at radius 1 is 0.852 bits per heavy atom.